The van der Waals surface area contributed by atoms with Gasteiger partial charge in [0.1, 0.15) is 18.3 Å². The molecule has 0 aliphatic rings. The van der Waals surface area contributed by atoms with Crippen molar-refractivity contribution in [3.8, 4) is 5.75 Å². The van der Waals surface area contributed by atoms with Gasteiger partial charge in [-0.2, -0.15) is 0 Å². The van der Waals surface area contributed by atoms with Gasteiger partial charge < -0.3 is 15.0 Å². The maximum Gasteiger partial charge on any atom is 0.264 e. The fraction of sp³-hybridized carbons (Fsp3) is 0.297. The Hall–Kier alpha value is -4.34. The molecule has 2 amide bonds. The maximum atomic E-state index is 14.6. The average molecular weight is 676 g/mol. The number of hydrogen-bond acceptors (Lipinski definition) is 5. The number of nitrogens with zero attached hydrogens (tertiary/aromatic N) is 2. The highest BCUT2D eigenvalue weighted by atomic mass is 35.5. The quantitative estimate of drug-likeness (QED) is 0.160. The van der Waals surface area contributed by atoms with Crippen LogP contribution >= 0.6 is 11.6 Å². The second-order valence-electron chi connectivity index (χ2n) is 11.6. The van der Waals surface area contributed by atoms with Crippen molar-refractivity contribution in [2.75, 3.05) is 18.0 Å². The van der Waals surface area contributed by atoms with Gasteiger partial charge in [0.25, 0.3) is 10.0 Å². The molecule has 8 nitrogen and oxygen atoms in total. The third-order valence-electron chi connectivity index (χ3n) is 8.22. The number of methoxy groups -OCH3 is 1. The first-order chi connectivity index (χ1) is 22.4. The van der Waals surface area contributed by atoms with Crippen molar-refractivity contribution in [2.45, 2.75) is 64.1 Å². The van der Waals surface area contributed by atoms with Gasteiger partial charge in [0, 0.05) is 24.0 Å². The minimum absolute atomic E-state index is 0.0115. The highest BCUT2D eigenvalue weighted by Crippen LogP contribution is 2.28. The number of carbonyl (C=O) groups is 2. The first-order valence-corrected chi connectivity index (χ1v) is 17.4. The van der Waals surface area contributed by atoms with Crippen LogP contribution in [0, 0.1) is 13.8 Å². The average Bonchev–Trinajstić information content (AvgIpc) is 3.07. The van der Waals surface area contributed by atoms with E-state index in [4.69, 9.17) is 16.3 Å². The number of nitrogens with one attached hydrogen (secondary N) is 1. The molecular formula is C37H42ClN3O5S. The molecule has 0 bridgehead atoms. The first-order valence-electron chi connectivity index (χ1n) is 15.5. The summed E-state index contributed by atoms with van der Waals surface area (Å²) in [5.74, 6) is -0.262. The molecule has 4 aromatic rings. The van der Waals surface area contributed by atoms with Crippen LogP contribution in [0.15, 0.2) is 102 Å². The zero-order valence-electron chi connectivity index (χ0n) is 27.4. The van der Waals surface area contributed by atoms with Crippen LogP contribution in [-0.2, 0) is 32.6 Å². The molecule has 4 rings (SSSR count). The highest BCUT2D eigenvalue weighted by Gasteiger charge is 2.35. The molecule has 0 radical (unpaired) electrons. The number of amides is 2. The van der Waals surface area contributed by atoms with Crippen LogP contribution in [0.25, 0.3) is 0 Å². The van der Waals surface area contributed by atoms with E-state index in [-0.39, 0.29) is 29.8 Å². The number of hydrogen-bond donors (Lipinski definition) is 1. The van der Waals surface area contributed by atoms with Crippen LogP contribution in [0.5, 0.6) is 5.75 Å². The molecule has 1 N–H and O–H groups in total. The maximum absolute atomic E-state index is 14.6. The minimum Gasteiger partial charge on any atom is -0.497 e. The number of benzene rings is 4. The molecule has 0 aliphatic carbocycles. The fourth-order valence-corrected chi connectivity index (χ4v) is 6.64. The topological polar surface area (TPSA) is 96.0 Å². The smallest absolute Gasteiger partial charge is 0.264 e. The van der Waals surface area contributed by atoms with Crippen molar-refractivity contribution >= 4 is 39.1 Å². The van der Waals surface area contributed by atoms with Gasteiger partial charge >= 0.3 is 0 Å². The third kappa shape index (κ3) is 9.14. The number of anilines is 1. The van der Waals surface area contributed by atoms with E-state index in [1.165, 1.54) is 29.2 Å². The standard InChI is InChI=1S/C37H42ClN3O5S/c1-6-28(4)39-37(43)35(23-29-11-8-7-9-12-29)40(24-30-13-10-14-33(22-30)46-5)36(42)25-41(32-18-15-26(2)27(3)21-32)47(44,45)34-19-16-31(38)17-20-34/h7-22,28,35H,6,23-25H2,1-5H3,(H,39,43). The Morgan fingerprint density at radius 2 is 1.55 bits per heavy atom. The molecule has 47 heavy (non-hydrogen) atoms. The summed E-state index contributed by atoms with van der Waals surface area (Å²) in [5, 5.41) is 3.44. The SMILES string of the molecule is CCC(C)NC(=O)C(Cc1ccccc1)N(Cc1cccc(OC)c1)C(=O)CN(c1ccc(C)c(C)c1)S(=O)(=O)c1ccc(Cl)cc1. The molecule has 0 fully saturated rings. The van der Waals surface area contributed by atoms with Gasteiger partial charge in [-0.3, -0.25) is 13.9 Å². The zero-order chi connectivity index (χ0) is 34.1. The first kappa shape index (κ1) is 35.5. The largest absolute Gasteiger partial charge is 0.497 e. The van der Waals surface area contributed by atoms with E-state index in [0.29, 0.717) is 22.9 Å². The molecule has 2 unspecified atom stereocenters. The summed E-state index contributed by atoms with van der Waals surface area (Å²) in [7, 11) is -2.68. The van der Waals surface area contributed by atoms with Gasteiger partial charge in [0.05, 0.1) is 17.7 Å². The fourth-order valence-electron chi connectivity index (χ4n) is 5.11. The van der Waals surface area contributed by atoms with Crippen molar-refractivity contribution in [1.82, 2.24) is 10.2 Å². The lowest BCUT2D eigenvalue weighted by atomic mass is 10.0. The lowest BCUT2D eigenvalue weighted by Gasteiger charge is -2.34. The summed E-state index contributed by atoms with van der Waals surface area (Å²) in [5.41, 5.74) is 3.77. The van der Waals surface area contributed by atoms with E-state index in [9.17, 15) is 18.0 Å². The van der Waals surface area contributed by atoms with Gasteiger partial charge in [-0.15, -0.1) is 0 Å². The van der Waals surface area contributed by atoms with E-state index in [2.05, 4.69) is 5.32 Å². The number of carbonyl (C=O) groups excluding carboxylic acids is 2. The van der Waals surface area contributed by atoms with Crippen molar-refractivity contribution < 1.29 is 22.7 Å². The third-order valence-corrected chi connectivity index (χ3v) is 10.3. The number of aryl methyl sites for hydroxylation is 2. The summed E-state index contributed by atoms with van der Waals surface area (Å²) in [6.07, 6.45) is 0.930. The summed E-state index contributed by atoms with van der Waals surface area (Å²) in [4.78, 5) is 30.1. The van der Waals surface area contributed by atoms with Crippen molar-refractivity contribution in [2.24, 2.45) is 0 Å². The van der Waals surface area contributed by atoms with Gasteiger partial charge in [-0.25, -0.2) is 8.42 Å². The van der Waals surface area contributed by atoms with Crippen LogP contribution in [0.4, 0.5) is 5.69 Å². The molecule has 0 heterocycles. The number of rotatable bonds is 14. The summed E-state index contributed by atoms with van der Waals surface area (Å²) in [6, 6.07) is 26.8. The molecule has 0 aromatic heterocycles. The molecule has 0 spiro atoms. The summed E-state index contributed by atoms with van der Waals surface area (Å²) in [6.45, 7) is 7.20. The zero-order valence-corrected chi connectivity index (χ0v) is 29.0. The lowest BCUT2D eigenvalue weighted by Crippen LogP contribution is -2.54. The van der Waals surface area contributed by atoms with Crippen LogP contribution in [0.2, 0.25) is 5.02 Å². The predicted octanol–water partition coefficient (Wildman–Crippen LogP) is 6.72. The van der Waals surface area contributed by atoms with Crippen molar-refractivity contribution in [3.63, 3.8) is 0 Å². The van der Waals surface area contributed by atoms with Gasteiger partial charge in [0.2, 0.25) is 11.8 Å². The van der Waals surface area contributed by atoms with E-state index in [1.54, 1.807) is 31.4 Å². The van der Waals surface area contributed by atoms with E-state index >= 15 is 0 Å². The van der Waals surface area contributed by atoms with Crippen LogP contribution in [0.1, 0.15) is 42.5 Å². The predicted molar refractivity (Wildman–Crippen MR) is 187 cm³/mol. The Balaban J connectivity index is 1.83. The molecule has 248 valence electrons. The molecular weight excluding hydrogens is 634 g/mol. The second-order valence-corrected chi connectivity index (χ2v) is 13.9. The van der Waals surface area contributed by atoms with Crippen molar-refractivity contribution in [1.29, 1.82) is 0 Å². The normalized spacial score (nSPS) is 12.6. The number of ether oxygens (including phenoxy) is 1. The Morgan fingerprint density at radius 3 is 2.19 bits per heavy atom. The number of halogens is 1. The molecule has 4 aromatic carbocycles. The molecule has 0 saturated heterocycles. The molecule has 10 heteroatoms. The Kier molecular flexibility index (Phi) is 12.1. The molecule has 0 saturated carbocycles. The highest BCUT2D eigenvalue weighted by molar-refractivity contribution is 7.92. The summed E-state index contributed by atoms with van der Waals surface area (Å²) >= 11 is 6.08. The van der Waals surface area contributed by atoms with Gasteiger partial charge in [-0.1, -0.05) is 67.1 Å². The second kappa shape index (κ2) is 16.0. The monoisotopic (exact) mass is 675 g/mol. The van der Waals surface area contributed by atoms with Crippen molar-refractivity contribution in [3.05, 3.63) is 124 Å². The van der Waals surface area contributed by atoms with Crippen LogP contribution < -0.4 is 14.4 Å². The van der Waals surface area contributed by atoms with E-state index in [0.717, 1.165) is 26.6 Å². The minimum atomic E-state index is -4.23. The number of sulfonamides is 1. The summed E-state index contributed by atoms with van der Waals surface area (Å²) < 4.78 is 35.0. The van der Waals surface area contributed by atoms with Gasteiger partial charge in [-0.05, 0) is 98.0 Å². The Bertz CT molecular complexity index is 1780. The van der Waals surface area contributed by atoms with Crippen LogP contribution in [-0.4, -0.2) is 50.9 Å². The lowest BCUT2D eigenvalue weighted by molar-refractivity contribution is -0.140. The molecule has 0 aliphatic heterocycles. The van der Waals surface area contributed by atoms with E-state index in [1.807, 2.05) is 76.2 Å². The Morgan fingerprint density at radius 1 is 0.872 bits per heavy atom. The Labute approximate surface area is 283 Å². The molecule has 2 atom stereocenters. The van der Waals surface area contributed by atoms with Gasteiger partial charge in [0.15, 0.2) is 0 Å². The van der Waals surface area contributed by atoms with Crippen LogP contribution in [0.3, 0.4) is 0 Å². The van der Waals surface area contributed by atoms with E-state index < -0.39 is 28.5 Å².